The smallest absolute Gasteiger partial charge is 0.471 e. The number of rotatable bonds is 12. The van der Waals surface area contributed by atoms with Crippen LogP contribution in [0.3, 0.4) is 0 Å². The highest BCUT2D eigenvalue weighted by molar-refractivity contribution is 6.77. The van der Waals surface area contributed by atoms with E-state index in [1.165, 1.54) is 37.5 Å². The van der Waals surface area contributed by atoms with Crippen LogP contribution in [0.25, 0.3) is 0 Å². The van der Waals surface area contributed by atoms with Gasteiger partial charge in [0, 0.05) is 12.3 Å². The van der Waals surface area contributed by atoms with Gasteiger partial charge < -0.3 is 9.16 Å². The molecule has 1 amide bonds. The summed E-state index contributed by atoms with van der Waals surface area (Å²) in [4.78, 5) is 13.3. The van der Waals surface area contributed by atoms with Gasteiger partial charge in [0.2, 0.25) is 0 Å². The molecule has 1 aromatic rings. The molecule has 0 aliphatic rings. The fourth-order valence-electron chi connectivity index (χ4n) is 4.99. The zero-order valence-electron chi connectivity index (χ0n) is 21.3. The number of hydrogen-bond acceptors (Lipinski definition) is 3. The minimum absolute atomic E-state index is 0.136. The average Bonchev–Trinajstić information content (AvgIpc) is 2.72. The minimum atomic E-state index is -5.02. The number of halogens is 3. The number of methoxy groups -OCH3 is 1. The van der Waals surface area contributed by atoms with Gasteiger partial charge in [0.1, 0.15) is 5.75 Å². The Hall–Kier alpha value is -1.80. The van der Waals surface area contributed by atoms with E-state index in [9.17, 15) is 18.0 Å². The quantitative estimate of drug-likeness (QED) is 0.174. The summed E-state index contributed by atoms with van der Waals surface area (Å²) in [6.07, 6.45) is -2.82. The second-order valence-corrected chi connectivity index (χ2v) is 15.1. The molecule has 1 rings (SSSR count). The second-order valence-electron chi connectivity index (χ2n) is 9.67. The number of nitrogens with zero attached hydrogens (tertiary/aromatic N) is 1. The maximum absolute atomic E-state index is 13.5. The van der Waals surface area contributed by atoms with Crippen LogP contribution in [0.4, 0.5) is 18.9 Å². The fraction of sp³-hybridized carbons (Fsp3) is 0.640. The van der Waals surface area contributed by atoms with E-state index in [1.807, 2.05) is 0 Å². The molecule has 0 fully saturated rings. The van der Waals surface area contributed by atoms with Crippen molar-refractivity contribution in [1.82, 2.24) is 0 Å². The molecule has 0 aromatic heterocycles. The Morgan fingerprint density at radius 2 is 1.55 bits per heavy atom. The van der Waals surface area contributed by atoms with E-state index in [-0.39, 0.29) is 12.1 Å². The first-order valence-electron chi connectivity index (χ1n) is 11.5. The summed E-state index contributed by atoms with van der Waals surface area (Å²) in [7, 11) is -0.619. The van der Waals surface area contributed by atoms with E-state index in [2.05, 4.69) is 48.1 Å². The molecule has 33 heavy (non-hydrogen) atoms. The van der Waals surface area contributed by atoms with Crippen LogP contribution in [0.5, 0.6) is 5.75 Å². The lowest BCUT2D eigenvalue weighted by Crippen LogP contribution is -2.54. The van der Waals surface area contributed by atoms with Crippen LogP contribution in [0.15, 0.2) is 36.9 Å². The number of carbonyl (C=O) groups excluding carboxylic acids is 1. The summed E-state index contributed by atoms with van der Waals surface area (Å²) < 4.78 is 52.3. The topological polar surface area (TPSA) is 38.8 Å². The van der Waals surface area contributed by atoms with Gasteiger partial charge in [0.05, 0.1) is 12.6 Å². The monoisotopic (exact) mass is 487 g/mol. The lowest BCUT2D eigenvalue weighted by Gasteiger charge is -2.43. The van der Waals surface area contributed by atoms with Gasteiger partial charge in [-0.05, 0) is 60.7 Å². The average molecular weight is 488 g/mol. The summed E-state index contributed by atoms with van der Waals surface area (Å²) in [5.41, 5.74) is 0.113. The van der Waals surface area contributed by atoms with Crippen LogP contribution in [0, 0.1) is 0 Å². The van der Waals surface area contributed by atoms with E-state index in [4.69, 9.17) is 9.16 Å². The maximum atomic E-state index is 13.5. The summed E-state index contributed by atoms with van der Waals surface area (Å²) in [6.45, 7) is 18.9. The van der Waals surface area contributed by atoms with Crippen molar-refractivity contribution >= 4 is 19.9 Å². The lowest BCUT2D eigenvalue weighted by atomic mass is 9.92. The molecule has 8 heteroatoms. The molecule has 0 spiro atoms. The Labute approximate surface area is 198 Å². The van der Waals surface area contributed by atoms with E-state index in [0.717, 1.165) is 4.90 Å². The number of amides is 1. The Morgan fingerprint density at radius 3 is 1.91 bits per heavy atom. The first-order chi connectivity index (χ1) is 15.2. The molecule has 0 aliphatic heterocycles. The molecule has 0 unspecified atom stereocenters. The van der Waals surface area contributed by atoms with Gasteiger partial charge in [-0.1, -0.05) is 47.6 Å². The highest BCUT2D eigenvalue weighted by Crippen LogP contribution is 2.42. The largest absolute Gasteiger partial charge is 0.497 e. The third-order valence-corrected chi connectivity index (χ3v) is 12.7. The summed E-state index contributed by atoms with van der Waals surface area (Å²) in [6, 6.07) is 5.98. The molecule has 0 heterocycles. The highest BCUT2D eigenvalue weighted by atomic mass is 28.4. The number of benzene rings is 1. The van der Waals surface area contributed by atoms with Gasteiger partial charge in [-0.15, -0.1) is 6.58 Å². The van der Waals surface area contributed by atoms with E-state index in [1.54, 1.807) is 6.92 Å². The van der Waals surface area contributed by atoms with Crippen LogP contribution in [0.1, 0.15) is 61.3 Å². The molecule has 0 saturated heterocycles. The van der Waals surface area contributed by atoms with Crippen LogP contribution < -0.4 is 9.64 Å². The third kappa shape index (κ3) is 6.63. The van der Waals surface area contributed by atoms with Crippen molar-refractivity contribution in [3.05, 3.63) is 36.9 Å². The fourth-order valence-corrected chi connectivity index (χ4v) is 10.5. The number of carbonyl (C=O) groups is 1. The van der Waals surface area contributed by atoms with Gasteiger partial charge in [-0.25, -0.2) is 0 Å². The van der Waals surface area contributed by atoms with Crippen molar-refractivity contribution < 1.29 is 27.1 Å². The maximum Gasteiger partial charge on any atom is 0.471 e. The number of alkyl halides is 3. The minimum Gasteiger partial charge on any atom is -0.497 e. The van der Waals surface area contributed by atoms with Crippen LogP contribution in [0.2, 0.25) is 16.6 Å². The standard InChI is InChI=1S/C25H40F3NO3Si/c1-10-24(8,16-11-17-32-33(18(2)3,19(4)5)20(6)7)29(23(30)25(26,27)28)21-12-14-22(31-9)15-13-21/h10,12-15,18-20H,1,11,16-17H2,2-9H3/t24-/m1/s1. The normalized spacial score (nSPS) is 14.5. The highest BCUT2D eigenvalue weighted by Gasteiger charge is 2.48. The van der Waals surface area contributed by atoms with Gasteiger partial charge in [0.25, 0.3) is 0 Å². The molecule has 4 nitrogen and oxygen atoms in total. The van der Waals surface area contributed by atoms with Crippen LogP contribution >= 0.6 is 0 Å². The summed E-state index contributed by atoms with van der Waals surface area (Å²) in [5.74, 6) is -1.43. The third-order valence-electron chi connectivity index (χ3n) is 6.61. The van der Waals surface area contributed by atoms with Crippen molar-refractivity contribution in [1.29, 1.82) is 0 Å². The summed E-state index contributed by atoms with van der Waals surface area (Å²) >= 11 is 0. The number of anilines is 1. The van der Waals surface area contributed by atoms with Crippen LogP contribution in [-0.4, -0.2) is 39.7 Å². The van der Waals surface area contributed by atoms with Crippen molar-refractivity contribution in [2.24, 2.45) is 0 Å². The van der Waals surface area contributed by atoms with Crippen molar-refractivity contribution in [3.63, 3.8) is 0 Å². The van der Waals surface area contributed by atoms with E-state index in [0.29, 0.717) is 35.4 Å². The SMILES string of the molecule is C=C[C@](C)(CCCO[Si](C(C)C)(C(C)C)C(C)C)N(C(=O)C(F)(F)F)c1ccc(OC)cc1. The molecule has 1 atom stereocenters. The van der Waals surface area contributed by atoms with Crippen molar-refractivity contribution in [2.75, 3.05) is 18.6 Å². The van der Waals surface area contributed by atoms with Gasteiger partial charge >= 0.3 is 12.1 Å². The first-order valence-corrected chi connectivity index (χ1v) is 13.6. The van der Waals surface area contributed by atoms with E-state index >= 15 is 0 Å². The second kappa shape index (κ2) is 11.6. The van der Waals surface area contributed by atoms with Crippen molar-refractivity contribution in [3.8, 4) is 5.75 Å². The van der Waals surface area contributed by atoms with Gasteiger partial charge in [-0.2, -0.15) is 13.2 Å². The van der Waals surface area contributed by atoms with Crippen LogP contribution in [-0.2, 0) is 9.22 Å². The molecule has 0 N–H and O–H groups in total. The molecule has 1 aromatic carbocycles. The molecular weight excluding hydrogens is 447 g/mol. The summed E-state index contributed by atoms with van der Waals surface area (Å²) in [5, 5.41) is 0. The van der Waals surface area contributed by atoms with E-state index < -0.39 is 25.9 Å². The Morgan fingerprint density at radius 1 is 1.06 bits per heavy atom. The lowest BCUT2D eigenvalue weighted by molar-refractivity contribution is -0.171. The Bertz CT molecular complexity index is 756. The molecule has 0 bridgehead atoms. The van der Waals surface area contributed by atoms with Gasteiger partial charge in [0.15, 0.2) is 8.32 Å². The predicted octanol–water partition coefficient (Wildman–Crippen LogP) is 7.51. The van der Waals surface area contributed by atoms with Gasteiger partial charge in [-0.3, -0.25) is 9.69 Å². The molecular formula is C25H40F3NO3Si. The zero-order chi connectivity index (χ0) is 25.6. The Kier molecular flexibility index (Phi) is 10.2. The number of ether oxygens (including phenoxy) is 1. The predicted molar refractivity (Wildman–Crippen MR) is 131 cm³/mol. The van der Waals surface area contributed by atoms with Crippen molar-refractivity contribution in [2.45, 2.75) is 89.6 Å². The first kappa shape index (κ1) is 29.2. The molecule has 0 aliphatic carbocycles. The number of hydrogen-bond donors (Lipinski definition) is 0. The molecule has 0 saturated carbocycles. The zero-order valence-corrected chi connectivity index (χ0v) is 22.3. The Balaban J connectivity index is 3.18. The molecule has 188 valence electrons. The molecule has 0 radical (unpaired) electrons.